The Bertz CT molecular complexity index is 2130. The zero-order valence-corrected chi connectivity index (χ0v) is 21.5. The van der Waals surface area contributed by atoms with Gasteiger partial charge in [-0.3, -0.25) is 4.98 Å². The molecule has 0 radical (unpaired) electrons. The van der Waals surface area contributed by atoms with Gasteiger partial charge in [-0.15, -0.1) is 0 Å². The number of nitrogens with zero attached hydrogens (tertiary/aromatic N) is 5. The fraction of sp³-hybridized carbons (Fsp3) is 0. The van der Waals surface area contributed by atoms with Gasteiger partial charge < -0.3 is 9.13 Å². The van der Waals surface area contributed by atoms with Gasteiger partial charge in [0, 0.05) is 40.0 Å². The van der Waals surface area contributed by atoms with Crippen molar-refractivity contribution in [3.8, 4) is 33.9 Å². The third kappa shape index (κ3) is 3.45. The predicted molar refractivity (Wildman–Crippen MR) is 162 cm³/mol. The van der Waals surface area contributed by atoms with E-state index in [1.165, 1.54) is 0 Å². The number of para-hydroxylation sites is 1. The Kier molecular flexibility index (Phi) is 5.07. The average molecular weight is 514 g/mol. The Labute approximate surface area is 230 Å². The lowest BCUT2D eigenvalue weighted by molar-refractivity contribution is 1.08. The average Bonchev–Trinajstić information content (AvgIpc) is 3.59. The van der Waals surface area contributed by atoms with Gasteiger partial charge in [-0.05, 0) is 42.0 Å². The van der Waals surface area contributed by atoms with E-state index in [0.717, 1.165) is 60.9 Å². The Balaban J connectivity index is 1.48. The molecule has 0 saturated heterocycles. The fourth-order valence-electron chi connectivity index (χ4n) is 5.72. The summed E-state index contributed by atoms with van der Waals surface area (Å²) in [5.74, 6) is 0.702. The van der Waals surface area contributed by atoms with Crippen LogP contribution in [0.15, 0.2) is 140 Å². The van der Waals surface area contributed by atoms with Gasteiger partial charge in [0.15, 0.2) is 5.82 Å². The van der Waals surface area contributed by atoms with Crippen molar-refractivity contribution in [1.82, 2.24) is 24.1 Å². The maximum Gasteiger partial charge on any atom is 0.159 e. The van der Waals surface area contributed by atoms with Crippen molar-refractivity contribution < 1.29 is 0 Å². The van der Waals surface area contributed by atoms with Crippen LogP contribution in [0.2, 0.25) is 0 Å². The fourth-order valence-corrected chi connectivity index (χ4v) is 5.72. The third-order valence-electron chi connectivity index (χ3n) is 7.50. The van der Waals surface area contributed by atoms with Crippen molar-refractivity contribution in [2.75, 3.05) is 0 Å². The number of hydrogen-bond acceptors (Lipinski definition) is 3. The molecule has 5 heteroatoms. The highest BCUT2D eigenvalue weighted by Crippen LogP contribution is 2.41. The van der Waals surface area contributed by atoms with Crippen LogP contribution in [0.3, 0.4) is 0 Å². The number of rotatable bonds is 4. The van der Waals surface area contributed by atoms with Crippen LogP contribution >= 0.6 is 0 Å². The van der Waals surface area contributed by atoms with Crippen LogP contribution in [0, 0.1) is 0 Å². The lowest BCUT2D eigenvalue weighted by atomic mass is 10.0. The maximum atomic E-state index is 4.83. The van der Waals surface area contributed by atoms with E-state index in [9.17, 15) is 0 Å². The number of pyridine rings is 1. The minimum atomic E-state index is 0.702. The van der Waals surface area contributed by atoms with Gasteiger partial charge in [0.05, 0.1) is 40.1 Å². The highest BCUT2D eigenvalue weighted by Gasteiger charge is 2.21. The highest BCUT2D eigenvalue weighted by atomic mass is 15.0. The standard InChI is InChI=1S/C35H23N5/c1-4-11-24(12-5-1)29-23-39(26-15-8-3-9-16-26)30-19-18-28-33-31(17-10-20-36-33)40(34(28)32(29)30)27-21-37-35(38-22-27)25-13-6-2-7-14-25/h1-23H. The monoisotopic (exact) mass is 513 g/mol. The maximum absolute atomic E-state index is 4.83. The molecule has 0 amide bonds. The number of fused-ring (bicyclic) bond motifs is 5. The van der Waals surface area contributed by atoms with Gasteiger partial charge in [-0.2, -0.15) is 0 Å². The number of benzene rings is 4. The minimum absolute atomic E-state index is 0.702. The zero-order chi connectivity index (χ0) is 26.5. The SMILES string of the molecule is c1ccc(-c2ncc(-n3c4cccnc4c4ccc5c(c(-c6ccccc6)cn5-c5ccccc5)c43)cn2)cc1. The Morgan fingerprint density at radius 3 is 1.93 bits per heavy atom. The number of aromatic nitrogens is 5. The van der Waals surface area contributed by atoms with E-state index < -0.39 is 0 Å². The van der Waals surface area contributed by atoms with Crippen LogP contribution in [-0.4, -0.2) is 24.1 Å². The lowest BCUT2D eigenvalue weighted by Crippen LogP contribution is -1.98. The predicted octanol–water partition coefficient (Wildman–Crippen LogP) is 8.25. The van der Waals surface area contributed by atoms with Crippen molar-refractivity contribution in [2.45, 2.75) is 0 Å². The highest BCUT2D eigenvalue weighted by molar-refractivity contribution is 6.21. The Morgan fingerprint density at radius 1 is 0.525 bits per heavy atom. The van der Waals surface area contributed by atoms with E-state index in [1.54, 1.807) is 0 Å². The van der Waals surface area contributed by atoms with Gasteiger partial charge in [0.2, 0.25) is 0 Å². The molecule has 0 bridgehead atoms. The van der Waals surface area contributed by atoms with Crippen LogP contribution < -0.4 is 0 Å². The summed E-state index contributed by atoms with van der Waals surface area (Å²) in [7, 11) is 0. The summed E-state index contributed by atoms with van der Waals surface area (Å²) in [5.41, 5.74) is 9.53. The van der Waals surface area contributed by atoms with Crippen molar-refractivity contribution in [3.05, 3.63) is 140 Å². The van der Waals surface area contributed by atoms with Gasteiger partial charge >= 0.3 is 0 Å². The molecule has 5 nitrogen and oxygen atoms in total. The second-order valence-electron chi connectivity index (χ2n) is 9.81. The molecule has 8 rings (SSSR count). The lowest BCUT2D eigenvalue weighted by Gasteiger charge is -2.10. The van der Waals surface area contributed by atoms with Gasteiger partial charge in [0.25, 0.3) is 0 Å². The molecule has 0 fully saturated rings. The van der Waals surface area contributed by atoms with Gasteiger partial charge in [0.1, 0.15) is 0 Å². The first-order chi connectivity index (χ1) is 19.9. The molecule has 4 heterocycles. The second kappa shape index (κ2) is 9.03. The van der Waals surface area contributed by atoms with Crippen LogP contribution in [0.5, 0.6) is 0 Å². The molecule has 40 heavy (non-hydrogen) atoms. The molecule has 0 spiro atoms. The molecule has 0 saturated carbocycles. The molecular formula is C35H23N5. The zero-order valence-electron chi connectivity index (χ0n) is 21.5. The van der Waals surface area contributed by atoms with Crippen molar-refractivity contribution in [3.63, 3.8) is 0 Å². The van der Waals surface area contributed by atoms with E-state index in [-0.39, 0.29) is 0 Å². The van der Waals surface area contributed by atoms with Crippen molar-refractivity contribution in [1.29, 1.82) is 0 Å². The topological polar surface area (TPSA) is 48.5 Å². The Hall–Kier alpha value is -5.55. The first kappa shape index (κ1) is 22.4. The summed E-state index contributed by atoms with van der Waals surface area (Å²) < 4.78 is 4.54. The first-order valence-corrected chi connectivity index (χ1v) is 13.3. The third-order valence-corrected chi connectivity index (χ3v) is 7.50. The van der Waals surface area contributed by atoms with Crippen LogP contribution in [0.4, 0.5) is 0 Å². The summed E-state index contributed by atoms with van der Waals surface area (Å²) in [6, 6.07) is 39.7. The minimum Gasteiger partial charge on any atom is -0.316 e. The number of hydrogen-bond donors (Lipinski definition) is 0. The molecule has 0 atom stereocenters. The molecule has 0 aliphatic heterocycles. The van der Waals surface area contributed by atoms with Crippen LogP contribution in [-0.2, 0) is 0 Å². The summed E-state index contributed by atoms with van der Waals surface area (Å²) in [6.07, 6.45) is 7.94. The molecule has 0 aliphatic rings. The molecule has 0 aliphatic carbocycles. The van der Waals surface area contributed by atoms with Crippen molar-refractivity contribution in [2.24, 2.45) is 0 Å². The summed E-state index contributed by atoms with van der Waals surface area (Å²) >= 11 is 0. The Morgan fingerprint density at radius 2 is 1.20 bits per heavy atom. The van der Waals surface area contributed by atoms with E-state index in [0.29, 0.717) is 5.82 Å². The smallest absolute Gasteiger partial charge is 0.159 e. The molecule has 8 aromatic rings. The summed E-state index contributed by atoms with van der Waals surface area (Å²) in [6.45, 7) is 0. The molecule has 188 valence electrons. The van der Waals surface area contributed by atoms with Crippen LogP contribution in [0.25, 0.3) is 66.7 Å². The molecule has 0 N–H and O–H groups in total. The van der Waals surface area contributed by atoms with E-state index >= 15 is 0 Å². The normalized spacial score (nSPS) is 11.5. The van der Waals surface area contributed by atoms with E-state index in [1.807, 2.05) is 61.1 Å². The quantitative estimate of drug-likeness (QED) is 0.238. The second-order valence-corrected chi connectivity index (χ2v) is 9.81. The van der Waals surface area contributed by atoms with Gasteiger partial charge in [-0.1, -0.05) is 78.9 Å². The van der Waals surface area contributed by atoms with E-state index in [2.05, 4.69) is 88.1 Å². The van der Waals surface area contributed by atoms with Crippen LogP contribution in [0.1, 0.15) is 0 Å². The summed E-state index contributed by atoms with van der Waals surface area (Å²) in [5, 5.41) is 2.26. The molecule has 4 aromatic carbocycles. The molecule has 4 aromatic heterocycles. The molecular weight excluding hydrogens is 490 g/mol. The summed E-state index contributed by atoms with van der Waals surface area (Å²) in [4.78, 5) is 14.4. The largest absolute Gasteiger partial charge is 0.316 e. The molecule has 0 unspecified atom stereocenters. The van der Waals surface area contributed by atoms with Gasteiger partial charge in [-0.25, -0.2) is 9.97 Å². The van der Waals surface area contributed by atoms with E-state index in [4.69, 9.17) is 15.0 Å². The first-order valence-electron chi connectivity index (χ1n) is 13.3. The van der Waals surface area contributed by atoms with Crippen molar-refractivity contribution >= 4 is 32.8 Å².